The van der Waals surface area contributed by atoms with Gasteiger partial charge < -0.3 is 10.0 Å². The third-order valence-corrected chi connectivity index (χ3v) is 4.61. The summed E-state index contributed by atoms with van der Waals surface area (Å²) < 4.78 is 0. The van der Waals surface area contributed by atoms with E-state index in [1.54, 1.807) is 25.1 Å². The molecule has 1 unspecified atom stereocenters. The molecule has 0 fully saturated rings. The second-order valence-electron chi connectivity index (χ2n) is 5.67. The van der Waals surface area contributed by atoms with Crippen molar-refractivity contribution in [1.29, 1.82) is 0 Å². The van der Waals surface area contributed by atoms with Crippen molar-refractivity contribution in [1.82, 2.24) is 9.96 Å². The smallest absolute Gasteiger partial charge is 0.285 e. The van der Waals surface area contributed by atoms with Crippen molar-refractivity contribution in [2.75, 3.05) is 13.7 Å². The molecule has 24 heavy (non-hydrogen) atoms. The minimum absolute atomic E-state index is 0.275. The van der Waals surface area contributed by atoms with E-state index >= 15 is 0 Å². The van der Waals surface area contributed by atoms with Gasteiger partial charge in [0.05, 0.1) is 18.2 Å². The van der Waals surface area contributed by atoms with Crippen LogP contribution in [0.1, 0.15) is 49.8 Å². The number of carbonyl (C=O) groups is 3. The Kier molecular flexibility index (Phi) is 3.00. The quantitative estimate of drug-likeness (QED) is 0.844. The maximum absolute atomic E-state index is 12.6. The second-order valence-corrected chi connectivity index (χ2v) is 5.67. The first kappa shape index (κ1) is 14.8. The molecule has 1 atom stereocenters. The van der Waals surface area contributed by atoms with Crippen LogP contribution in [0, 0.1) is 0 Å². The number of hydrogen-bond acceptors (Lipinski definition) is 5. The first-order valence-corrected chi connectivity index (χ1v) is 7.52. The molecular weight excluding hydrogens is 312 g/mol. The highest BCUT2D eigenvalue weighted by Gasteiger charge is 2.39. The third kappa shape index (κ3) is 1.60. The van der Waals surface area contributed by atoms with Crippen molar-refractivity contribution in [3.63, 3.8) is 0 Å². The maximum atomic E-state index is 12.6. The van der Waals surface area contributed by atoms with Crippen LogP contribution in [0.25, 0.3) is 10.8 Å². The van der Waals surface area contributed by atoms with Crippen LogP contribution in [-0.4, -0.2) is 46.4 Å². The molecule has 2 aromatic rings. The molecule has 3 amide bonds. The van der Waals surface area contributed by atoms with E-state index in [0.717, 1.165) is 0 Å². The van der Waals surface area contributed by atoms with Gasteiger partial charge in [-0.1, -0.05) is 6.07 Å². The van der Waals surface area contributed by atoms with Gasteiger partial charge in [0.25, 0.3) is 17.7 Å². The topological polar surface area (TPSA) is 87.2 Å². The number of carbonyl (C=O) groups excluding carboxylic acids is 3. The Morgan fingerprint density at radius 3 is 2.04 bits per heavy atom. The van der Waals surface area contributed by atoms with Gasteiger partial charge in [-0.3, -0.25) is 19.2 Å². The number of imide groups is 1. The Morgan fingerprint density at radius 1 is 0.958 bits per heavy atom. The molecule has 7 nitrogen and oxygen atoms in total. The van der Waals surface area contributed by atoms with Crippen LogP contribution in [0.15, 0.2) is 24.3 Å². The summed E-state index contributed by atoms with van der Waals surface area (Å²) in [6.07, 6.45) is -1.11. The predicted octanol–water partition coefficient (Wildman–Crippen LogP) is 1.46. The fourth-order valence-corrected chi connectivity index (χ4v) is 3.50. The molecule has 7 heteroatoms. The molecule has 0 aliphatic carbocycles. The lowest BCUT2D eigenvalue weighted by Crippen LogP contribution is -2.41. The van der Waals surface area contributed by atoms with Crippen LogP contribution in [0.3, 0.4) is 0 Å². The molecule has 2 aliphatic heterocycles. The minimum Gasteiger partial charge on any atom is -0.369 e. The Labute approximate surface area is 137 Å². The first-order chi connectivity index (χ1) is 11.5. The van der Waals surface area contributed by atoms with E-state index in [1.807, 2.05) is 0 Å². The van der Waals surface area contributed by atoms with Gasteiger partial charge in [0.1, 0.15) is 0 Å². The Hall–Kier alpha value is -2.77. The monoisotopic (exact) mass is 326 g/mol. The first-order valence-electron chi connectivity index (χ1n) is 7.52. The summed E-state index contributed by atoms with van der Waals surface area (Å²) in [6.45, 7) is 2.12. The molecular formula is C17H14N2O5. The molecule has 0 spiro atoms. The van der Waals surface area contributed by atoms with E-state index in [2.05, 4.69) is 0 Å². The molecule has 122 valence electrons. The Morgan fingerprint density at radius 2 is 1.50 bits per heavy atom. The highest BCUT2D eigenvalue weighted by atomic mass is 16.7. The van der Waals surface area contributed by atoms with Crippen LogP contribution in [0.4, 0.5) is 0 Å². The number of hydrogen-bond donors (Lipinski definition) is 1. The molecule has 2 aromatic carbocycles. The molecule has 0 saturated carbocycles. The molecule has 0 aromatic heterocycles. The Balaban J connectivity index is 2.12. The lowest BCUT2D eigenvalue weighted by atomic mass is 9.86. The third-order valence-electron chi connectivity index (χ3n) is 4.61. The number of nitrogens with zero attached hydrogens (tertiary/aromatic N) is 2. The zero-order chi connectivity index (χ0) is 17.2. The molecule has 1 N–H and O–H groups in total. The van der Waals surface area contributed by atoms with Gasteiger partial charge in [-0.2, -0.15) is 0 Å². The van der Waals surface area contributed by atoms with E-state index in [-0.39, 0.29) is 17.0 Å². The molecule has 0 saturated heterocycles. The maximum Gasteiger partial charge on any atom is 0.285 e. The second kappa shape index (κ2) is 4.86. The summed E-state index contributed by atoms with van der Waals surface area (Å²) in [5.41, 5.74) is 1.44. The fourth-order valence-electron chi connectivity index (χ4n) is 3.50. The van der Waals surface area contributed by atoms with E-state index in [4.69, 9.17) is 4.84 Å². The van der Waals surface area contributed by atoms with Crippen molar-refractivity contribution in [2.24, 2.45) is 0 Å². The van der Waals surface area contributed by atoms with Crippen molar-refractivity contribution in [3.8, 4) is 0 Å². The Bertz CT molecular complexity index is 914. The van der Waals surface area contributed by atoms with Gasteiger partial charge in [0.15, 0.2) is 6.23 Å². The van der Waals surface area contributed by atoms with E-state index in [9.17, 15) is 19.5 Å². The van der Waals surface area contributed by atoms with Gasteiger partial charge in [0, 0.05) is 28.4 Å². The van der Waals surface area contributed by atoms with Crippen LogP contribution in [0.5, 0.6) is 0 Å². The minimum atomic E-state index is -1.11. The van der Waals surface area contributed by atoms with Gasteiger partial charge >= 0.3 is 0 Å². The number of hydroxylamine groups is 2. The standard InChI is InChI=1S/C17H14N2O5/c1-3-18-14(20)8-4-6-10-13-11(17(23)19(24-2)16(10)22)7-5-9(12(8)13)15(18)21/h4-7,14,20H,3H2,1-2H3. The lowest BCUT2D eigenvalue weighted by molar-refractivity contribution is -0.0690. The SMILES string of the molecule is CCN1C(=O)c2ccc3c4c(ccc(c24)C1O)C(=O)N(OC)C3=O. The van der Waals surface area contributed by atoms with Crippen molar-refractivity contribution >= 4 is 28.5 Å². The van der Waals surface area contributed by atoms with E-state index in [1.165, 1.54) is 18.1 Å². The normalized spacial score (nSPS) is 19.5. The van der Waals surface area contributed by atoms with Crippen molar-refractivity contribution in [3.05, 3.63) is 46.5 Å². The number of amides is 3. The van der Waals surface area contributed by atoms with Crippen molar-refractivity contribution in [2.45, 2.75) is 13.2 Å². The summed E-state index contributed by atoms with van der Waals surface area (Å²) in [5, 5.41) is 12.1. The van der Waals surface area contributed by atoms with Gasteiger partial charge in [-0.15, -0.1) is 5.06 Å². The van der Waals surface area contributed by atoms with Crippen LogP contribution >= 0.6 is 0 Å². The summed E-state index contributed by atoms with van der Waals surface area (Å²) in [7, 11) is 1.25. The number of benzene rings is 2. The highest BCUT2D eigenvalue weighted by Crippen LogP contribution is 2.40. The molecule has 0 bridgehead atoms. The van der Waals surface area contributed by atoms with Crippen LogP contribution < -0.4 is 0 Å². The lowest BCUT2D eigenvalue weighted by Gasteiger charge is -2.35. The van der Waals surface area contributed by atoms with E-state index < -0.39 is 18.0 Å². The van der Waals surface area contributed by atoms with Crippen LogP contribution in [-0.2, 0) is 4.84 Å². The van der Waals surface area contributed by atoms with Crippen LogP contribution in [0.2, 0.25) is 0 Å². The fraction of sp³-hybridized carbons (Fsp3) is 0.235. The average molecular weight is 326 g/mol. The number of aliphatic hydroxyl groups excluding tert-OH is 1. The largest absolute Gasteiger partial charge is 0.369 e. The van der Waals surface area contributed by atoms with Crippen molar-refractivity contribution < 1.29 is 24.3 Å². The predicted molar refractivity (Wildman–Crippen MR) is 83.1 cm³/mol. The molecule has 4 rings (SSSR count). The van der Waals surface area contributed by atoms with Gasteiger partial charge in [-0.05, 0) is 25.1 Å². The summed E-state index contributed by atoms with van der Waals surface area (Å²) in [6, 6.07) is 6.25. The molecule has 2 heterocycles. The van der Waals surface area contributed by atoms with E-state index in [0.29, 0.717) is 33.5 Å². The average Bonchev–Trinajstić information content (AvgIpc) is 2.58. The van der Waals surface area contributed by atoms with Gasteiger partial charge in [-0.25, -0.2) is 0 Å². The zero-order valence-electron chi connectivity index (χ0n) is 13.1. The summed E-state index contributed by atoms with van der Waals surface area (Å²) in [4.78, 5) is 43.8. The summed E-state index contributed by atoms with van der Waals surface area (Å²) >= 11 is 0. The molecule has 2 aliphatic rings. The highest BCUT2D eigenvalue weighted by molar-refractivity contribution is 6.27. The molecule has 0 radical (unpaired) electrons. The number of aliphatic hydroxyl groups is 1. The summed E-state index contributed by atoms with van der Waals surface area (Å²) in [5.74, 6) is -1.49. The van der Waals surface area contributed by atoms with Gasteiger partial charge in [0.2, 0.25) is 0 Å². The number of rotatable bonds is 2. The zero-order valence-corrected chi connectivity index (χ0v) is 13.1.